The van der Waals surface area contributed by atoms with E-state index in [4.69, 9.17) is 22.1 Å². The molecule has 6 unspecified atom stereocenters. The Morgan fingerprint density at radius 2 is 1.83 bits per heavy atom. The minimum absolute atomic E-state index is 0.0202. The lowest BCUT2D eigenvalue weighted by atomic mass is 9.51. The van der Waals surface area contributed by atoms with Crippen LogP contribution in [-0.4, -0.2) is 46.8 Å². The van der Waals surface area contributed by atoms with E-state index in [1.165, 1.54) is 25.3 Å². The Morgan fingerprint density at radius 1 is 1.10 bits per heavy atom. The van der Waals surface area contributed by atoms with E-state index in [1.807, 2.05) is 0 Å². The Bertz CT molecular complexity index is 1610. The maximum absolute atomic E-state index is 14.3. The molecule has 0 spiro atoms. The number of benzene rings is 2. The van der Waals surface area contributed by atoms with Crippen LogP contribution in [0.15, 0.2) is 48.0 Å². The van der Waals surface area contributed by atoms with Crippen LogP contribution in [-0.2, 0) is 19.2 Å². The number of anilines is 1. The van der Waals surface area contributed by atoms with Gasteiger partial charge in [0.1, 0.15) is 17.3 Å². The summed E-state index contributed by atoms with van der Waals surface area (Å²) in [5.74, 6) is -7.57. The standard InChI is InChI=1S/C29H25ClFN3O7/c1-29-18(25(37)33(27(29)39)12-3-7-20(31)19(30)9-12)11-16-14(23(29)17-10-13(41-2)4-8-21(17)35)5-6-15-22(16)26(38)34(24(15)36)28(32)40/h3-5,7-10,15-16,18,22-23,35H,6,11H2,1-2H3,(H2,32,40). The predicted octanol–water partition coefficient (Wildman–Crippen LogP) is 3.50. The van der Waals surface area contributed by atoms with Gasteiger partial charge in [-0.1, -0.05) is 23.3 Å². The number of rotatable bonds is 3. The van der Waals surface area contributed by atoms with Gasteiger partial charge in [0.15, 0.2) is 0 Å². The van der Waals surface area contributed by atoms with E-state index in [9.17, 15) is 33.5 Å². The van der Waals surface area contributed by atoms with E-state index in [0.717, 1.165) is 11.0 Å². The summed E-state index contributed by atoms with van der Waals surface area (Å²) in [7, 11) is 1.44. The van der Waals surface area contributed by atoms with Gasteiger partial charge in [0.05, 0.1) is 41.0 Å². The molecule has 0 radical (unpaired) electrons. The quantitative estimate of drug-likeness (QED) is 0.416. The van der Waals surface area contributed by atoms with Crippen LogP contribution in [0.2, 0.25) is 5.02 Å². The van der Waals surface area contributed by atoms with Gasteiger partial charge in [0.25, 0.3) is 0 Å². The van der Waals surface area contributed by atoms with Crippen LogP contribution in [0.5, 0.6) is 11.5 Å². The van der Waals surface area contributed by atoms with Crippen LogP contribution < -0.4 is 15.4 Å². The Kier molecular flexibility index (Phi) is 6.00. The molecule has 10 nitrogen and oxygen atoms in total. The number of likely N-dealkylation sites (tertiary alicyclic amines) is 1. The number of nitrogens with two attached hydrogens (primary N) is 1. The molecular weight excluding hydrogens is 557 g/mol. The molecule has 0 aromatic heterocycles. The smallest absolute Gasteiger partial charge is 0.328 e. The van der Waals surface area contributed by atoms with E-state index in [2.05, 4.69) is 0 Å². The van der Waals surface area contributed by atoms with Crippen molar-refractivity contribution < 1.29 is 38.2 Å². The molecule has 6 amide bonds. The topological polar surface area (TPSA) is 147 Å². The number of carbonyl (C=O) groups is 5. The molecule has 1 saturated carbocycles. The summed E-state index contributed by atoms with van der Waals surface area (Å²) >= 11 is 5.99. The lowest BCUT2D eigenvalue weighted by molar-refractivity contribution is -0.136. The number of urea groups is 1. The molecule has 3 N–H and O–H groups in total. The highest BCUT2D eigenvalue weighted by Gasteiger charge is 2.68. The fourth-order valence-electron chi connectivity index (χ4n) is 7.34. The van der Waals surface area contributed by atoms with Gasteiger partial charge in [0, 0.05) is 11.5 Å². The van der Waals surface area contributed by atoms with Crippen LogP contribution >= 0.6 is 11.6 Å². The van der Waals surface area contributed by atoms with Crippen molar-refractivity contribution in [2.45, 2.75) is 25.7 Å². The second kappa shape index (κ2) is 9.13. The first-order chi connectivity index (χ1) is 19.4. The van der Waals surface area contributed by atoms with Gasteiger partial charge in [-0.05, 0) is 62.1 Å². The molecule has 4 aliphatic rings. The van der Waals surface area contributed by atoms with Crippen molar-refractivity contribution in [2.75, 3.05) is 12.0 Å². The molecule has 2 heterocycles. The molecule has 2 aliphatic carbocycles. The maximum atomic E-state index is 14.3. The Balaban J connectivity index is 1.55. The van der Waals surface area contributed by atoms with E-state index in [-0.39, 0.29) is 29.3 Å². The zero-order chi connectivity index (χ0) is 29.5. The van der Waals surface area contributed by atoms with Crippen molar-refractivity contribution in [3.63, 3.8) is 0 Å². The number of carbonyl (C=O) groups excluding carboxylic acids is 5. The number of aromatic hydroxyl groups is 1. The number of amides is 6. The lowest BCUT2D eigenvalue weighted by Gasteiger charge is -2.49. The highest BCUT2D eigenvalue weighted by atomic mass is 35.5. The predicted molar refractivity (Wildman–Crippen MR) is 142 cm³/mol. The number of primary amides is 1. The second-order valence-electron chi connectivity index (χ2n) is 11.0. The summed E-state index contributed by atoms with van der Waals surface area (Å²) < 4.78 is 19.4. The van der Waals surface area contributed by atoms with Gasteiger partial charge in [-0.25, -0.2) is 14.1 Å². The summed E-state index contributed by atoms with van der Waals surface area (Å²) in [5, 5.41) is 10.8. The van der Waals surface area contributed by atoms with Crippen molar-refractivity contribution in [1.82, 2.24) is 4.90 Å². The SMILES string of the molecule is COc1ccc(O)c(C2C3=CCC4C(=O)N(C(N)=O)C(=O)C4C3CC3C(=O)N(c4ccc(F)c(Cl)c4)C(=O)C32C)c1. The Labute approximate surface area is 238 Å². The largest absolute Gasteiger partial charge is 0.508 e. The van der Waals surface area contributed by atoms with Gasteiger partial charge in [-0.3, -0.25) is 19.2 Å². The molecule has 2 aromatic rings. The minimum Gasteiger partial charge on any atom is -0.508 e. The summed E-state index contributed by atoms with van der Waals surface area (Å²) in [4.78, 5) is 68.2. The fraction of sp³-hybridized carbons (Fsp3) is 0.345. The Hall–Kier alpha value is -4.25. The molecule has 2 aliphatic heterocycles. The average molecular weight is 582 g/mol. The molecule has 212 valence electrons. The van der Waals surface area contributed by atoms with Gasteiger partial charge in [0.2, 0.25) is 23.6 Å². The third kappa shape index (κ3) is 3.57. The molecule has 6 rings (SSSR count). The minimum atomic E-state index is -1.45. The summed E-state index contributed by atoms with van der Waals surface area (Å²) in [6.45, 7) is 1.63. The van der Waals surface area contributed by atoms with Crippen LogP contribution in [0, 0.1) is 34.9 Å². The monoisotopic (exact) mass is 581 g/mol. The summed E-state index contributed by atoms with van der Waals surface area (Å²) in [6.07, 6.45) is 1.89. The second-order valence-corrected chi connectivity index (χ2v) is 11.4. The van der Waals surface area contributed by atoms with Gasteiger partial charge in [-0.2, -0.15) is 4.90 Å². The molecule has 3 fully saturated rings. The van der Waals surface area contributed by atoms with Crippen molar-refractivity contribution in [3.8, 4) is 11.5 Å². The number of ether oxygens (including phenoxy) is 1. The number of hydrogen-bond donors (Lipinski definition) is 2. The first-order valence-corrected chi connectivity index (χ1v) is 13.4. The van der Waals surface area contributed by atoms with E-state index in [0.29, 0.717) is 21.8 Å². The van der Waals surface area contributed by atoms with E-state index >= 15 is 0 Å². The third-order valence-corrected chi connectivity index (χ3v) is 9.49. The number of nitrogens with zero attached hydrogens (tertiary/aromatic N) is 2. The molecule has 12 heteroatoms. The lowest BCUT2D eigenvalue weighted by Crippen LogP contribution is -2.49. The number of allylic oxidation sites excluding steroid dienone is 2. The third-order valence-electron chi connectivity index (χ3n) is 9.20. The number of halogens is 2. The summed E-state index contributed by atoms with van der Waals surface area (Å²) in [6, 6.07) is 6.89. The van der Waals surface area contributed by atoms with Crippen LogP contribution in [0.3, 0.4) is 0 Å². The first-order valence-electron chi connectivity index (χ1n) is 13.0. The first kappa shape index (κ1) is 26.9. The Morgan fingerprint density at radius 3 is 2.49 bits per heavy atom. The number of imide groups is 4. The fourth-order valence-corrected chi connectivity index (χ4v) is 7.51. The molecule has 41 heavy (non-hydrogen) atoms. The van der Waals surface area contributed by atoms with Crippen LogP contribution in [0.4, 0.5) is 14.9 Å². The molecule has 6 atom stereocenters. The highest BCUT2D eigenvalue weighted by molar-refractivity contribution is 6.31. The van der Waals surface area contributed by atoms with Crippen molar-refractivity contribution in [3.05, 3.63) is 64.5 Å². The molecular formula is C29H25ClFN3O7. The van der Waals surface area contributed by atoms with E-state index < -0.39 is 70.5 Å². The van der Waals surface area contributed by atoms with Crippen molar-refractivity contribution in [1.29, 1.82) is 0 Å². The normalized spacial score (nSPS) is 30.6. The highest BCUT2D eigenvalue weighted by Crippen LogP contribution is 2.64. The molecule has 2 saturated heterocycles. The van der Waals surface area contributed by atoms with Gasteiger partial charge >= 0.3 is 6.03 Å². The van der Waals surface area contributed by atoms with E-state index in [1.54, 1.807) is 25.1 Å². The van der Waals surface area contributed by atoms with Crippen LogP contribution in [0.1, 0.15) is 31.2 Å². The number of methoxy groups -OCH3 is 1. The maximum Gasteiger partial charge on any atom is 0.328 e. The number of hydrogen-bond acceptors (Lipinski definition) is 7. The van der Waals surface area contributed by atoms with Crippen molar-refractivity contribution >= 4 is 46.9 Å². The summed E-state index contributed by atoms with van der Waals surface area (Å²) in [5.41, 5.74) is 4.89. The molecule has 0 bridgehead atoms. The zero-order valence-electron chi connectivity index (χ0n) is 22.0. The number of phenols is 1. The average Bonchev–Trinajstić information content (AvgIpc) is 3.30. The van der Waals surface area contributed by atoms with Crippen molar-refractivity contribution in [2.24, 2.45) is 34.8 Å². The molecule has 2 aromatic carbocycles. The number of fused-ring (bicyclic) bond motifs is 4. The van der Waals surface area contributed by atoms with Gasteiger partial charge < -0.3 is 15.6 Å². The van der Waals surface area contributed by atoms with Crippen LogP contribution in [0.25, 0.3) is 0 Å². The zero-order valence-corrected chi connectivity index (χ0v) is 22.7. The van der Waals surface area contributed by atoms with Gasteiger partial charge in [-0.15, -0.1) is 0 Å². The number of phenolic OH excluding ortho intramolecular Hbond substituents is 1.